The molecule has 0 radical (unpaired) electrons. The maximum absolute atomic E-state index is 12.7. The minimum absolute atomic E-state index is 0.000966. The molecule has 34 heavy (non-hydrogen) atoms. The van der Waals surface area contributed by atoms with Crippen molar-refractivity contribution in [2.45, 2.75) is 38.6 Å². The van der Waals surface area contributed by atoms with Crippen LogP contribution in [0.15, 0.2) is 48.7 Å². The Morgan fingerprint density at radius 2 is 1.97 bits per heavy atom. The van der Waals surface area contributed by atoms with Crippen LogP contribution in [0.25, 0.3) is 33.1 Å². The van der Waals surface area contributed by atoms with Crippen molar-refractivity contribution in [1.29, 1.82) is 0 Å². The van der Waals surface area contributed by atoms with Crippen LogP contribution in [-0.4, -0.2) is 41.6 Å². The van der Waals surface area contributed by atoms with E-state index in [4.69, 9.17) is 4.74 Å². The summed E-state index contributed by atoms with van der Waals surface area (Å²) in [5, 5.41) is 8.68. The lowest BCUT2D eigenvalue weighted by atomic mass is 9.97. The fraction of sp³-hybridized carbons (Fsp3) is 0.357. The van der Waals surface area contributed by atoms with E-state index in [2.05, 4.69) is 51.8 Å². The molecule has 1 saturated heterocycles. The van der Waals surface area contributed by atoms with Crippen LogP contribution < -0.4 is 15.4 Å². The van der Waals surface area contributed by atoms with Gasteiger partial charge in [0.05, 0.1) is 12.1 Å². The number of ether oxygens (including phenoxy) is 1. The van der Waals surface area contributed by atoms with Crippen LogP contribution in [0.1, 0.15) is 41.6 Å². The number of hydrogen-bond acceptors (Lipinski definition) is 4. The molecule has 3 N–H and O–H groups in total. The molecule has 2 aliphatic rings. The highest BCUT2D eigenvalue weighted by Gasteiger charge is 2.24. The normalized spacial score (nSPS) is 16.7. The van der Waals surface area contributed by atoms with Crippen molar-refractivity contribution < 1.29 is 9.53 Å². The highest BCUT2D eigenvalue weighted by molar-refractivity contribution is 6.15. The first-order valence-corrected chi connectivity index (χ1v) is 12.3. The molecular formula is C28H30N4O2. The molecule has 0 atom stereocenters. The summed E-state index contributed by atoms with van der Waals surface area (Å²) in [6.45, 7) is 4.89. The molecule has 2 aromatic heterocycles. The molecule has 2 aromatic carbocycles. The van der Waals surface area contributed by atoms with Crippen LogP contribution in [0.3, 0.4) is 0 Å². The summed E-state index contributed by atoms with van der Waals surface area (Å²) in [4.78, 5) is 20.8. The van der Waals surface area contributed by atoms with Gasteiger partial charge >= 0.3 is 0 Å². The quantitative estimate of drug-likeness (QED) is 0.385. The van der Waals surface area contributed by atoms with Crippen LogP contribution in [0.5, 0.6) is 5.75 Å². The van der Waals surface area contributed by atoms with Crippen molar-refractivity contribution in [3.05, 3.63) is 59.8 Å². The number of amides is 1. The Kier molecular flexibility index (Phi) is 5.46. The molecule has 6 nitrogen and oxygen atoms in total. The summed E-state index contributed by atoms with van der Waals surface area (Å²) in [7, 11) is 0. The van der Waals surface area contributed by atoms with Crippen LogP contribution >= 0.6 is 0 Å². The number of rotatable bonds is 6. The maximum Gasteiger partial charge on any atom is 0.251 e. The van der Waals surface area contributed by atoms with Gasteiger partial charge in [-0.3, -0.25) is 4.79 Å². The Balaban J connectivity index is 1.42. The smallest absolute Gasteiger partial charge is 0.251 e. The SMILES string of the molecule is Cc1cnc2[nH]c3c(OCC4CCNCC4)ccc(-c4cccc(C(=O)NC5CC5)c4)c3c2c1. The van der Waals surface area contributed by atoms with E-state index in [0.29, 0.717) is 17.5 Å². The number of nitrogens with zero attached hydrogens (tertiary/aromatic N) is 1. The topological polar surface area (TPSA) is 79.0 Å². The second-order valence-corrected chi connectivity index (χ2v) is 9.73. The molecule has 3 heterocycles. The summed E-state index contributed by atoms with van der Waals surface area (Å²) < 4.78 is 6.37. The number of benzene rings is 2. The molecular weight excluding hydrogens is 424 g/mol. The Labute approximate surface area is 199 Å². The number of H-pyrrole nitrogens is 1. The number of carbonyl (C=O) groups is 1. The van der Waals surface area contributed by atoms with Crippen molar-refractivity contribution in [2.24, 2.45) is 5.92 Å². The van der Waals surface area contributed by atoms with Crippen molar-refractivity contribution in [3.63, 3.8) is 0 Å². The fourth-order valence-corrected chi connectivity index (χ4v) is 4.91. The third kappa shape index (κ3) is 4.14. The maximum atomic E-state index is 12.7. The van der Waals surface area contributed by atoms with E-state index in [-0.39, 0.29) is 5.91 Å². The molecule has 2 fully saturated rings. The summed E-state index contributed by atoms with van der Waals surface area (Å²) in [5.41, 5.74) is 5.70. The molecule has 4 aromatic rings. The Morgan fingerprint density at radius 3 is 2.79 bits per heavy atom. The first-order chi connectivity index (χ1) is 16.7. The van der Waals surface area contributed by atoms with Gasteiger partial charge in [0.15, 0.2) is 0 Å². The molecule has 0 bridgehead atoms. The lowest BCUT2D eigenvalue weighted by Crippen LogP contribution is -2.30. The van der Waals surface area contributed by atoms with Gasteiger partial charge in [0.25, 0.3) is 5.91 Å². The Hall–Kier alpha value is -3.38. The van der Waals surface area contributed by atoms with E-state index >= 15 is 0 Å². The number of carbonyl (C=O) groups excluding carboxylic acids is 1. The van der Waals surface area contributed by atoms with Crippen LogP contribution in [0.2, 0.25) is 0 Å². The van der Waals surface area contributed by atoms with Gasteiger partial charge in [-0.1, -0.05) is 12.1 Å². The van der Waals surface area contributed by atoms with Gasteiger partial charge in [-0.15, -0.1) is 0 Å². The molecule has 1 aliphatic carbocycles. The largest absolute Gasteiger partial charge is 0.491 e. The number of fused-ring (bicyclic) bond motifs is 3. The average molecular weight is 455 g/mol. The molecule has 0 spiro atoms. The lowest BCUT2D eigenvalue weighted by molar-refractivity contribution is 0.0951. The first-order valence-electron chi connectivity index (χ1n) is 12.3. The minimum Gasteiger partial charge on any atom is -0.491 e. The fourth-order valence-electron chi connectivity index (χ4n) is 4.91. The van der Waals surface area contributed by atoms with Crippen LogP contribution in [0, 0.1) is 12.8 Å². The summed E-state index contributed by atoms with van der Waals surface area (Å²) in [5.74, 6) is 1.43. The van der Waals surface area contributed by atoms with Gasteiger partial charge in [0.1, 0.15) is 11.4 Å². The number of pyridine rings is 1. The van der Waals surface area contributed by atoms with E-state index in [9.17, 15) is 4.79 Å². The first kappa shape index (κ1) is 21.2. The number of aryl methyl sites for hydroxylation is 1. The molecule has 6 rings (SSSR count). The summed E-state index contributed by atoms with van der Waals surface area (Å²) >= 11 is 0. The second kappa shape index (κ2) is 8.76. The van der Waals surface area contributed by atoms with Crippen molar-refractivity contribution in [1.82, 2.24) is 20.6 Å². The zero-order valence-corrected chi connectivity index (χ0v) is 19.5. The molecule has 1 aliphatic heterocycles. The molecule has 6 heteroatoms. The standard InChI is InChI=1S/C28H30N4O2/c1-17-13-23-25-22(19-3-2-4-20(14-19)28(33)31-21-5-6-21)7-8-24(26(25)32-27(23)30-15-17)34-16-18-9-11-29-12-10-18/h2-4,7-8,13-15,18,21,29H,5-6,9-12,16H2,1H3,(H,30,32)(H,31,33). The van der Waals surface area contributed by atoms with Crippen molar-refractivity contribution in [2.75, 3.05) is 19.7 Å². The summed E-state index contributed by atoms with van der Waals surface area (Å²) in [6, 6.07) is 14.6. The van der Waals surface area contributed by atoms with Gasteiger partial charge < -0.3 is 20.4 Å². The second-order valence-electron chi connectivity index (χ2n) is 9.73. The average Bonchev–Trinajstić information content (AvgIpc) is 3.61. The number of piperidine rings is 1. The highest BCUT2D eigenvalue weighted by atomic mass is 16.5. The Bertz CT molecular complexity index is 1370. The number of aromatic amines is 1. The molecule has 1 saturated carbocycles. The minimum atomic E-state index is -0.000966. The monoisotopic (exact) mass is 454 g/mol. The molecule has 174 valence electrons. The van der Waals surface area contributed by atoms with Gasteiger partial charge in [-0.25, -0.2) is 4.98 Å². The third-order valence-corrected chi connectivity index (χ3v) is 6.99. The predicted molar refractivity (Wildman–Crippen MR) is 135 cm³/mol. The van der Waals surface area contributed by atoms with Gasteiger partial charge in [0, 0.05) is 28.6 Å². The van der Waals surface area contributed by atoms with Crippen LogP contribution in [0.4, 0.5) is 0 Å². The van der Waals surface area contributed by atoms with E-state index in [1.54, 1.807) is 0 Å². The molecule has 1 amide bonds. The zero-order chi connectivity index (χ0) is 23.1. The third-order valence-electron chi connectivity index (χ3n) is 6.99. The highest BCUT2D eigenvalue weighted by Crippen LogP contribution is 2.39. The predicted octanol–water partition coefficient (Wildman–Crippen LogP) is 4.96. The number of nitrogens with one attached hydrogen (secondary N) is 3. The number of aromatic nitrogens is 2. The van der Waals surface area contributed by atoms with Gasteiger partial charge in [-0.2, -0.15) is 0 Å². The lowest BCUT2D eigenvalue weighted by Gasteiger charge is -2.23. The van der Waals surface area contributed by atoms with Crippen molar-refractivity contribution in [3.8, 4) is 16.9 Å². The summed E-state index contributed by atoms with van der Waals surface area (Å²) in [6.07, 6.45) is 6.32. The number of hydrogen-bond donors (Lipinski definition) is 3. The van der Waals surface area contributed by atoms with Crippen LogP contribution in [-0.2, 0) is 0 Å². The Morgan fingerprint density at radius 1 is 1.12 bits per heavy atom. The van der Waals surface area contributed by atoms with Gasteiger partial charge in [-0.05, 0) is 98.6 Å². The van der Waals surface area contributed by atoms with E-state index in [1.165, 1.54) is 0 Å². The van der Waals surface area contributed by atoms with Gasteiger partial charge in [0.2, 0.25) is 0 Å². The van der Waals surface area contributed by atoms with E-state index in [1.807, 2.05) is 24.4 Å². The van der Waals surface area contributed by atoms with E-state index in [0.717, 1.165) is 89.8 Å². The molecule has 0 unspecified atom stereocenters. The van der Waals surface area contributed by atoms with E-state index < -0.39 is 0 Å². The zero-order valence-electron chi connectivity index (χ0n) is 19.5. The van der Waals surface area contributed by atoms with Crippen molar-refractivity contribution >= 4 is 27.8 Å².